The zero-order valence-electron chi connectivity index (χ0n) is 21.8. The minimum atomic E-state index is -0.304. The van der Waals surface area contributed by atoms with E-state index in [2.05, 4.69) is 0 Å². The van der Waals surface area contributed by atoms with Crippen molar-refractivity contribution in [3.8, 4) is 33.9 Å². The average molecular weight is 528 g/mol. The van der Waals surface area contributed by atoms with Crippen molar-refractivity contribution in [3.05, 3.63) is 148 Å². The molecule has 5 nitrogen and oxygen atoms in total. The van der Waals surface area contributed by atoms with Gasteiger partial charge in [-0.05, 0) is 41.1 Å². The predicted octanol–water partition coefficient (Wildman–Crippen LogP) is 7.35. The Kier molecular flexibility index (Phi) is 5.06. The quantitative estimate of drug-likeness (QED) is 0.178. The summed E-state index contributed by atoms with van der Waals surface area (Å²) in [5.74, 6) is 0.626. The van der Waals surface area contributed by atoms with E-state index in [4.69, 9.17) is 9.97 Å². The van der Waals surface area contributed by atoms with E-state index in [-0.39, 0.29) is 11.1 Å². The van der Waals surface area contributed by atoms with E-state index in [1.54, 1.807) is 12.1 Å². The van der Waals surface area contributed by atoms with Gasteiger partial charge in [-0.15, -0.1) is 0 Å². The molecule has 0 fully saturated rings. The van der Waals surface area contributed by atoms with E-state index in [9.17, 15) is 9.59 Å². The smallest absolute Gasteiger partial charge is 0.266 e. The molecule has 5 aromatic carbocycles. The maximum absolute atomic E-state index is 13.7. The molecule has 0 N–H and O–H groups in total. The monoisotopic (exact) mass is 527 g/mol. The number of hydrogen-bond acceptors (Lipinski definition) is 4. The SMILES string of the molecule is O=c1c2ccccc2c2cc(-c3cc(-c4ccccc4)nc(-c4ccccc4)n3)cc3c4ccccc4c(=O)n1c23. The van der Waals surface area contributed by atoms with Gasteiger partial charge in [0.1, 0.15) is 0 Å². The fraction of sp³-hybridized carbons (Fsp3) is 0. The highest BCUT2D eigenvalue weighted by molar-refractivity contribution is 6.19. The van der Waals surface area contributed by atoms with Gasteiger partial charge in [0.05, 0.1) is 16.9 Å². The molecule has 0 aliphatic heterocycles. The van der Waals surface area contributed by atoms with Crippen LogP contribution in [0.1, 0.15) is 0 Å². The summed E-state index contributed by atoms with van der Waals surface area (Å²) in [6, 6.07) is 41.1. The average Bonchev–Trinajstić information content (AvgIpc) is 3.05. The Bertz CT molecular complexity index is 2240. The van der Waals surface area contributed by atoms with Crippen molar-refractivity contribution in [1.29, 1.82) is 0 Å². The number of nitrogens with zero attached hydrogens (tertiary/aromatic N) is 3. The zero-order chi connectivity index (χ0) is 27.5. The van der Waals surface area contributed by atoms with Crippen molar-refractivity contribution in [3.63, 3.8) is 0 Å². The summed E-state index contributed by atoms with van der Waals surface area (Å²) in [6.45, 7) is 0. The lowest BCUT2D eigenvalue weighted by molar-refractivity contribution is 1.09. The molecule has 5 heteroatoms. The van der Waals surface area contributed by atoms with E-state index in [0.29, 0.717) is 22.1 Å². The largest absolute Gasteiger partial charge is 0.268 e. The Balaban J connectivity index is 1.53. The lowest BCUT2D eigenvalue weighted by Gasteiger charge is -2.15. The standard InChI is InChI=1S/C36H21N3O2/c40-35-27-17-9-7-15-25(27)29-19-24(20-30-26-16-8-10-18-28(26)36(41)39(35)33(29)30)32-21-31(22-11-3-1-4-12-22)37-34(38-32)23-13-5-2-6-14-23/h1-21H. The maximum Gasteiger partial charge on any atom is 0.266 e. The molecule has 0 aliphatic carbocycles. The summed E-state index contributed by atoms with van der Waals surface area (Å²) >= 11 is 0. The van der Waals surface area contributed by atoms with Gasteiger partial charge in [0.2, 0.25) is 0 Å². The van der Waals surface area contributed by atoms with E-state index in [0.717, 1.165) is 49.6 Å². The molecule has 8 rings (SSSR count). The van der Waals surface area contributed by atoms with Crippen molar-refractivity contribution in [1.82, 2.24) is 14.4 Å². The second-order valence-corrected chi connectivity index (χ2v) is 10.2. The topological polar surface area (TPSA) is 64.3 Å². The molecular weight excluding hydrogens is 506 g/mol. The third-order valence-electron chi connectivity index (χ3n) is 7.76. The van der Waals surface area contributed by atoms with Crippen LogP contribution >= 0.6 is 0 Å². The predicted molar refractivity (Wildman–Crippen MR) is 166 cm³/mol. The van der Waals surface area contributed by atoms with Gasteiger partial charge in [-0.1, -0.05) is 97.1 Å². The van der Waals surface area contributed by atoms with Crippen LogP contribution in [0.3, 0.4) is 0 Å². The third-order valence-corrected chi connectivity index (χ3v) is 7.76. The van der Waals surface area contributed by atoms with Crippen LogP contribution in [-0.4, -0.2) is 14.4 Å². The van der Waals surface area contributed by atoms with Gasteiger partial charge in [-0.25, -0.2) is 14.4 Å². The van der Waals surface area contributed by atoms with Crippen molar-refractivity contribution in [2.24, 2.45) is 0 Å². The van der Waals surface area contributed by atoms with Gasteiger partial charge in [0.25, 0.3) is 11.1 Å². The summed E-state index contributed by atoms with van der Waals surface area (Å²) in [5, 5.41) is 4.29. The highest BCUT2D eigenvalue weighted by Crippen LogP contribution is 2.36. The van der Waals surface area contributed by atoms with Crippen LogP contribution in [0.4, 0.5) is 0 Å². The second-order valence-electron chi connectivity index (χ2n) is 10.2. The van der Waals surface area contributed by atoms with Crippen LogP contribution in [0.15, 0.2) is 137 Å². The molecular formula is C36H21N3O2. The number of aromatic nitrogens is 3. The lowest BCUT2D eigenvalue weighted by Crippen LogP contribution is -2.27. The molecule has 0 unspecified atom stereocenters. The number of hydrogen-bond donors (Lipinski definition) is 0. The molecule has 0 atom stereocenters. The maximum atomic E-state index is 13.7. The Morgan fingerprint density at radius 2 is 0.854 bits per heavy atom. The van der Waals surface area contributed by atoms with Gasteiger partial charge in [0, 0.05) is 38.2 Å². The summed E-state index contributed by atoms with van der Waals surface area (Å²) in [6.07, 6.45) is 0. The van der Waals surface area contributed by atoms with Crippen molar-refractivity contribution < 1.29 is 0 Å². The Hall–Kier alpha value is -5.68. The molecule has 192 valence electrons. The van der Waals surface area contributed by atoms with Gasteiger partial charge in [-0.2, -0.15) is 0 Å². The molecule has 0 spiro atoms. The summed E-state index contributed by atoms with van der Waals surface area (Å²) in [5.41, 5.74) is 4.38. The van der Waals surface area contributed by atoms with Crippen LogP contribution in [0.5, 0.6) is 0 Å². The van der Waals surface area contributed by atoms with Crippen LogP contribution in [0, 0.1) is 0 Å². The van der Waals surface area contributed by atoms with E-state index in [1.807, 2.05) is 115 Å². The van der Waals surface area contributed by atoms with Crippen LogP contribution < -0.4 is 11.1 Å². The Labute approximate surface area is 234 Å². The molecule has 8 aromatic rings. The molecule has 0 saturated heterocycles. The lowest BCUT2D eigenvalue weighted by atomic mass is 9.96. The van der Waals surface area contributed by atoms with Gasteiger partial charge in [0.15, 0.2) is 5.82 Å². The number of benzene rings is 5. The van der Waals surface area contributed by atoms with E-state index in [1.165, 1.54) is 4.40 Å². The van der Waals surface area contributed by atoms with Crippen LogP contribution in [0.2, 0.25) is 0 Å². The van der Waals surface area contributed by atoms with Crippen molar-refractivity contribution >= 4 is 37.8 Å². The highest BCUT2D eigenvalue weighted by Gasteiger charge is 2.19. The van der Waals surface area contributed by atoms with Crippen LogP contribution in [0.25, 0.3) is 71.7 Å². The molecule has 0 saturated carbocycles. The fourth-order valence-electron chi connectivity index (χ4n) is 5.85. The molecule has 0 amide bonds. The Morgan fingerprint density at radius 3 is 1.39 bits per heavy atom. The fourth-order valence-corrected chi connectivity index (χ4v) is 5.85. The van der Waals surface area contributed by atoms with E-state index >= 15 is 0 Å². The zero-order valence-corrected chi connectivity index (χ0v) is 21.8. The van der Waals surface area contributed by atoms with Crippen molar-refractivity contribution in [2.75, 3.05) is 0 Å². The first-order valence-corrected chi connectivity index (χ1v) is 13.4. The summed E-state index contributed by atoms with van der Waals surface area (Å²) in [7, 11) is 0. The number of pyridine rings is 2. The third kappa shape index (κ3) is 3.56. The van der Waals surface area contributed by atoms with Gasteiger partial charge < -0.3 is 0 Å². The highest BCUT2D eigenvalue weighted by atomic mass is 16.2. The molecule has 41 heavy (non-hydrogen) atoms. The first-order chi connectivity index (χ1) is 20.2. The normalized spacial score (nSPS) is 11.6. The molecule has 0 aliphatic rings. The number of fused-ring (bicyclic) bond motifs is 4. The Morgan fingerprint density at radius 1 is 0.415 bits per heavy atom. The minimum Gasteiger partial charge on any atom is -0.268 e. The number of rotatable bonds is 3. The van der Waals surface area contributed by atoms with Gasteiger partial charge in [-0.3, -0.25) is 9.59 Å². The minimum absolute atomic E-state index is 0.304. The molecule has 3 heterocycles. The molecule has 3 aromatic heterocycles. The first kappa shape index (κ1) is 23.2. The first-order valence-electron chi connectivity index (χ1n) is 13.4. The summed E-state index contributed by atoms with van der Waals surface area (Å²) in [4.78, 5) is 37.3. The second kappa shape index (κ2) is 8.93. The molecule has 0 radical (unpaired) electrons. The van der Waals surface area contributed by atoms with Crippen molar-refractivity contribution in [2.45, 2.75) is 0 Å². The van der Waals surface area contributed by atoms with Gasteiger partial charge >= 0.3 is 0 Å². The summed E-state index contributed by atoms with van der Waals surface area (Å²) < 4.78 is 1.34. The molecule has 0 bridgehead atoms. The van der Waals surface area contributed by atoms with E-state index < -0.39 is 0 Å². The van der Waals surface area contributed by atoms with Crippen LogP contribution in [-0.2, 0) is 0 Å².